The number of carboxylic acid groups (broad SMARTS) is 1. The van der Waals surface area contributed by atoms with E-state index < -0.39 is 23.3 Å². The zero-order valence-electron chi connectivity index (χ0n) is 20.3. The SMILES string of the molecule is NCCCC[n+]1ccc(SCC2=C(C(=O)O)N3C(=O)[C@H](NC(=O)CSc4cc(Cl)ccc4Cl)[C@H]3SC2)cc1. The number of nitrogens with zero attached hydrogens (tertiary/aromatic N) is 2. The zero-order valence-corrected chi connectivity index (χ0v) is 24.2. The molecule has 2 atom stereocenters. The van der Waals surface area contributed by atoms with Crippen molar-refractivity contribution in [3.05, 3.63) is 64.0 Å². The normalized spacial score (nSPS) is 18.7. The average Bonchev–Trinajstić information content (AvgIpc) is 2.91. The molecule has 2 amide bonds. The van der Waals surface area contributed by atoms with Crippen LogP contribution in [0.3, 0.4) is 0 Å². The molecule has 0 bridgehead atoms. The number of fused-ring (bicyclic) bond motifs is 1. The third-order valence-electron chi connectivity index (χ3n) is 5.96. The molecule has 0 saturated carbocycles. The fourth-order valence-corrected chi connectivity index (χ4v) is 7.71. The number of carbonyl (C=O) groups excluding carboxylic acids is 2. The van der Waals surface area contributed by atoms with E-state index in [-0.39, 0.29) is 17.4 Å². The van der Waals surface area contributed by atoms with Gasteiger partial charge in [-0.25, -0.2) is 9.36 Å². The van der Waals surface area contributed by atoms with Crippen molar-refractivity contribution < 1.29 is 24.1 Å². The maximum Gasteiger partial charge on any atom is 0.352 e. The number of thioether (sulfide) groups is 3. The van der Waals surface area contributed by atoms with Gasteiger partial charge in [-0.05, 0) is 36.7 Å². The van der Waals surface area contributed by atoms with Crippen LogP contribution in [0.15, 0.2) is 63.8 Å². The first-order chi connectivity index (χ1) is 18.3. The second-order valence-electron chi connectivity index (χ2n) is 8.63. The Hall–Kier alpha value is -1.89. The van der Waals surface area contributed by atoms with E-state index in [1.165, 1.54) is 40.2 Å². The number of hydrogen-bond donors (Lipinski definition) is 3. The average molecular weight is 615 g/mol. The number of pyridine rings is 1. The van der Waals surface area contributed by atoms with E-state index in [1.807, 2.05) is 24.5 Å². The van der Waals surface area contributed by atoms with Crippen LogP contribution in [0.25, 0.3) is 0 Å². The van der Waals surface area contributed by atoms with E-state index in [4.69, 9.17) is 28.9 Å². The number of nitrogens with one attached hydrogen (secondary N) is 1. The van der Waals surface area contributed by atoms with Gasteiger partial charge in [0.2, 0.25) is 5.91 Å². The fourth-order valence-electron chi connectivity index (χ4n) is 4.04. The quantitative estimate of drug-likeness (QED) is 0.144. The summed E-state index contributed by atoms with van der Waals surface area (Å²) < 4.78 is 2.10. The Labute approximate surface area is 243 Å². The summed E-state index contributed by atoms with van der Waals surface area (Å²) in [6.07, 6.45) is 6.00. The number of unbranched alkanes of at least 4 members (excludes halogenated alkanes) is 1. The smallest absolute Gasteiger partial charge is 0.352 e. The molecule has 1 fully saturated rings. The van der Waals surface area contributed by atoms with Crippen LogP contribution in [-0.2, 0) is 20.9 Å². The molecule has 0 spiro atoms. The molecule has 1 saturated heterocycles. The number of carboxylic acids is 1. The number of amides is 2. The van der Waals surface area contributed by atoms with Gasteiger partial charge >= 0.3 is 5.97 Å². The molecule has 0 radical (unpaired) electrons. The first-order valence-electron chi connectivity index (χ1n) is 11.9. The van der Waals surface area contributed by atoms with Crippen LogP contribution in [0.4, 0.5) is 0 Å². The molecule has 4 rings (SSSR count). The molecule has 202 valence electrons. The Kier molecular flexibility index (Phi) is 10.3. The third kappa shape index (κ3) is 7.00. The first-order valence-corrected chi connectivity index (χ1v) is 15.6. The Balaban J connectivity index is 1.34. The van der Waals surface area contributed by atoms with Crippen LogP contribution in [0.2, 0.25) is 10.0 Å². The van der Waals surface area contributed by atoms with Gasteiger partial charge in [0.1, 0.15) is 23.7 Å². The fraction of sp³-hybridized carbons (Fsp3) is 0.360. The van der Waals surface area contributed by atoms with E-state index in [0.29, 0.717) is 38.6 Å². The molecule has 1 aromatic carbocycles. The van der Waals surface area contributed by atoms with Crippen molar-refractivity contribution in [2.75, 3.05) is 23.8 Å². The van der Waals surface area contributed by atoms with Gasteiger partial charge in [-0.2, -0.15) is 0 Å². The van der Waals surface area contributed by atoms with Crippen molar-refractivity contribution in [3.63, 3.8) is 0 Å². The first kappa shape index (κ1) is 29.1. The molecular formula is C25H27Cl2N4O4S3+. The van der Waals surface area contributed by atoms with Crippen LogP contribution in [-0.4, -0.2) is 63.0 Å². The van der Waals surface area contributed by atoms with Crippen LogP contribution in [0.1, 0.15) is 12.8 Å². The highest BCUT2D eigenvalue weighted by Crippen LogP contribution is 2.41. The number of aliphatic carboxylic acids is 1. The van der Waals surface area contributed by atoms with Gasteiger partial charge in [0.05, 0.1) is 10.8 Å². The Bertz CT molecular complexity index is 1250. The van der Waals surface area contributed by atoms with Crippen molar-refractivity contribution in [2.24, 2.45) is 5.73 Å². The molecule has 38 heavy (non-hydrogen) atoms. The van der Waals surface area contributed by atoms with Crippen molar-refractivity contribution in [3.8, 4) is 0 Å². The molecule has 4 N–H and O–H groups in total. The largest absolute Gasteiger partial charge is 0.477 e. The Morgan fingerprint density at radius 3 is 2.66 bits per heavy atom. The molecule has 3 heterocycles. The van der Waals surface area contributed by atoms with E-state index in [2.05, 4.69) is 9.88 Å². The summed E-state index contributed by atoms with van der Waals surface area (Å²) in [5.74, 6) is -0.920. The molecular weight excluding hydrogens is 587 g/mol. The number of rotatable bonds is 12. The second kappa shape index (κ2) is 13.5. The number of aromatic nitrogens is 1. The minimum Gasteiger partial charge on any atom is -0.477 e. The van der Waals surface area contributed by atoms with E-state index in [0.717, 1.165) is 24.3 Å². The lowest BCUT2D eigenvalue weighted by atomic mass is 10.0. The number of carbonyl (C=O) groups is 3. The number of nitrogens with two attached hydrogens (primary N) is 1. The van der Waals surface area contributed by atoms with Gasteiger partial charge in [-0.15, -0.1) is 35.3 Å². The highest BCUT2D eigenvalue weighted by molar-refractivity contribution is 8.01. The number of hydrogen-bond acceptors (Lipinski definition) is 7. The van der Waals surface area contributed by atoms with Crippen molar-refractivity contribution >= 4 is 76.3 Å². The van der Waals surface area contributed by atoms with Crippen LogP contribution in [0.5, 0.6) is 0 Å². The van der Waals surface area contributed by atoms with Gasteiger partial charge in [-0.3, -0.25) is 14.5 Å². The Morgan fingerprint density at radius 1 is 1.18 bits per heavy atom. The summed E-state index contributed by atoms with van der Waals surface area (Å²) in [5, 5.41) is 13.2. The van der Waals surface area contributed by atoms with Crippen LogP contribution in [0, 0.1) is 0 Å². The standard InChI is InChI=1S/C25H26Cl2N4O4S3/c26-16-3-4-18(27)19(11-16)37-14-20(32)29-21-23(33)31-22(25(34)35)15(13-38-24(21)31)12-36-17-5-9-30(10-6-17)8-2-1-7-28/h3-6,9-11,21,24H,1-2,7-8,12-14,28H2,(H-,29,32,34,35)/p+1/t21-,24+/m0/s1. The minimum absolute atomic E-state index is 0.0182. The van der Waals surface area contributed by atoms with E-state index in [9.17, 15) is 19.5 Å². The van der Waals surface area contributed by atoms with Crippen molar-refractivity contribution in [1.82, 2.24) is 10.2 Å². The van der Waals surface area contributed by atoms with Gasteiger partial charge < -0.3 is 16.2 Å². The van der Waals surface area contributed by atoms with Gasteiger partial charge in [0.25, 0.3) is 5.91 Å². The molecule has 2 aliphatic heterocycles. The van der Waals surface area contributed by atoms with Gasteiger partial charge in [-0.1, -0.05) is 23.2 Å². The van der Waals surface area contributed by atoms with Crippen molar-refractivity contribution in [1.29, 1.82) is 0 Å². The second-order valence-corrected chi connectivity index (χ2v) is 12.6. The minimum atomic E-state index is -1.14. The third-order valence-corrected chi connectivity index (χ3v) is 10.1. The zero-order chi connectivity index (χ0) is 27.2. The molecule has 13 heteroatoms. The summed E-state index contributed by atoms with van der Waals surface area (Å²) in [7, 11) is 0. The highest BCUT2D eigenvalue weighted by atomic mass is 35.5. The predicted octanol–water partition coefficient (Wildman–Crippen LogP) is 3.64. The predicted molar refractivity (Wildman–Crippen MR) is 153 cm³/mol. The number of halogens is 2. The number of benzene rings is 1. The van der Waals surface area contributed by atoms with Crippen LogP contribution >= 0.6 is 58.5 Å². The molecule has 1 aromatic heterocycles. The molecule has 2 aromatic rings. The summed E-state index contributed by atoms with van der Waals surface area (Å²) in [6, 6.07) is 8.23. The number of β-lactam (4-membered cyclic amide) rings is 1. The van der Waals surface area contributed by atoms with Crippen LogP contribution < -0.4 is 15.6 Å². The maximum absolute atomic E-state index is 12.9. The van der Waals surface area contributed by atoms with Gasteiger partial charge in [0.15, 0.2) is 12.4 Å². The molecule has 2 aliphatic rings. The topological polar surface area (TPSA) is 117 Å². The lowest BCUT2D eigenvalue weighted by Gasteiger charge is -2.49. The summed E-state index contributed by atoms with van der Waals surface area (Å²) >= 11 is 16.4. The maximum atomic E-state index is 12.9. The monoisotopic (exact) mass is 613 g/mol. The summed E-state index contributed by atoms with van der Waals surface area (Å²) in [6.45, 7) is 1.58. The Morgan fingerprint density at radius 2 is 1.95 bits per heavy atom. The van der Waals surface area contributed by atoms with E-state index in [1.54, 1.807) is 18.2 Å². The summed E-state index contributed by atoms with van der Waals surface area (Å²) in [4.78, 5) is 40.6. The highest BCUT2D eigenvalue weighted by Gasteiger charge is 2.54. The van der Waals surface area contributed by atoms with E-state index >= 15 is 0 Å². The molecule has 0 unspecified atom stereocenters. The van der Waals surface area contributed by atoms with Gasteiger partial charge in [0, 0.05) is 44.9 Å². The lowest BCUT2D eigenvalue weighted by Crippen LogP contribution is -2.70. The summed E-state index contributed by atoms with van der Waals surface area (Å²) in [5.41, 5.74) is 6.25. The molecule has 0 aliphatic carbocycles. The molecule has 8 nitrogen and oxygen atoms in total. The van der Waals surface area contributed by atoms with Crippen molar-refractivity contribution in [2.45, 2.75) is 40.6 Å². The lowest BCUT2D eigenvalue weighted by molar-refractivity contribution is -0.697. The number of aryl methyl sites for hydroxylation is 1.